The Kier molecular flexibility index (Phi) is 9.08. The first-order chi connectivity index (χ1) is 18.2. The summed E-state index contributed by atoms with van der Waals surface area (Å²) >= 11 is 0. The summed E-state index contributed by atoms with van der Waals surface area (Å²) in [6, 6.07) is 0. The summed E-state index contributed by atoms with van der Waals surface area (Å²) in [5.74, 6) is -0.0801. The summed E-state index contributed by atoms with van der Waals surface area (Å²) in [5.41, 5.74) is -0.297. The Morgan fingerprint density at radius 1 is 0.974 bits per heavy atom. The van der Waals surface area contributed by atoms with Gasteiger partial charge in [0.25, 0.3) is 10.1 Å². The molecule has 0 saturated heterocycles. The molecule has 0 radical (unpaired) electrons. The quantitative estimate of drug-likeness (QED) is 0.225. The van der Waals surface area contributed by atoms with E-state index >= 15 is 0 Å². The van der Waals surface area contributed by atoms with Crippen molar-refractivity contribution in [2.45, 2.75) is 96.9 Å². The molecule has 0 aromatic rings. The van der Waals surface area contributed by atoms with Gasteiger partial charge in [-0.05, 0) is 97.7 Å². The van der Waals surface area contributed by atoms with Crippen molar-refractivity contribution in [3.05, 3.63) is 0 Å². The number of aliphatic hydroxyl groups is 3. The van der Waals surface area contributed by atoms with Crippen molar-refractivity contribution >= 4 is 21.9 Å². The third-order valence-corrected chi connectivity index (χ3v) is 12.2. The topological polar surface area (TPSA) is 173 Å². The maximum atomic E-state index is 12.4. The van der Waals surface area contributed by atoms with Gasteiger partial charge in [0, 0.05) is 13.0 Å². The Labute approximate surface area is 232 Å². The zero-order chi connectivity index (χ0) is 28.8. The zero-order valence-electron chi connectivity index (χ0n) is 23.5. The smallest absolute Gasteiger partial charge is 0.266 e. The molecule has 0 heterocycles. The summed E-state index contributed by atoms with van der Waals surface area (Å²) in [6.45, 7) is 6.15. The molecule has 4 rings (SSSR count). The summed E-state index contributed by atoms with van der Waals surface area (Å²) < 4.78 is 30.2. The fourth-order valence-corrected chi connectivity index (χ4v) is 9.70. The van der Waals surface area contributed by atoms with E-state index in [1.165, 1.54) is 0 Å². The fraction of sp³-hybridized carbons (Fsp3) is 0.929. The Hall–Kier alpha value is -1.27. The largest absolute Gasteiger partial charge is 0.393 e. The van der Waals surface area contributed by atoms with E-state index < -0.39 is 34.0 Å². The summed E-state index contributed by atoms with van der Waals surface area (Å²) in [4.78, 5) is 24.2. The number of rotatable bonds is 9. The van der Waals surface area contributed by atoms with Crippen LogP contribution in [0.2, 0.25) is 0 Å². The summed E-state index contributed by atoms with van der Waals surface area (Å²) in [5, 5.41) is 38.3. The van der Waals surface area contributed by atoms with Crippen LogP contribution in [0.5, 0.6) is 0 Å². The lowest BCUT2D eigenvalue weighted by atomic mass is 9.43. The van der Waals surface area contributed by atoms with Crippen LogP contribution >= 0.6 is 0 Å². The standard InChI is InChI=1S/C28H48N2O8S/c1-16(4-7-24(34)30-15-25(35)29-10-11-39(36,37)38)19-5-6-20-26-21(14-23(33)28(19,20)3)27(2)9-8-18(31)12-17(27)13-22(26)32/h16-23,26,31-33H,4-15H2,1-3H3,(H,29,35)(H,30,34)(H,36,37,38)/t16-,17-,18+,19+,20-,21-,22-,23-,26-,27+,28+/m1/s1. The average molecular weight is 573 g/mol. The number of nitrogens with one attached hydrogen (secondary N) is 2. The molecule has 4 saturated carbocycles. The second-order valence-electron chi connectivity index (χ2n) is 13.5. The molecule has 0 bridgehead atoms. The van der Waals surface area contributed by atoms with Crippen LogP contribution in [0.15, 0.2) is 0 Å². The van der Waals surface area contributed by atoms with E-state index in [0.717, 1.165) is 38.5 Å². The third kappa shape index (κ3) is 6.17. The molecule has 0 spiro atoms. The lowest BCUT2D eigenvalue weighted by Gasteiger charge is -2.63. The van der Waals surface area contributed by atoms with Gasteiger partial charge in [-0.1, -0.05) is 20.8 Å². The molecule has 4 aliphatic carbocycles. The van der Waals surface area contributed by atoms with E-state index in [1.807, 2.05) is 0 Å². The zero-order valence-corrected chi connectivity index (χ0v) is 24.3. The molecule has 0 aliphatic heterocycles. The third-order valence-electron chi connectivity index (χ3n) is 11.5. The number of fused-ring (bicyclic) bond motifs is 5. The summed E-state index contributed by atoms with van der Waals surface area (Å²) in [6.07, 6.45) is 5.44. The van der Waals surface area contributed by atoms with Crippen LogP contribution < -0.4 is 10.6 Å². The highest BCUT2D eigenvalue weighted by Crippen LogP contribution is 2.68. The van der Waals surface area contributed by atoms with Crippen LogP contribution in [0.4, 0.5) is 0 Å². The van der Waals surface area contributed by atoms with Gasteiger partial charge in [0.1, 0.15) is 0 Å². The Morgan fingerprint density at radius 3 is 2.38 bits per heavy atom. The molecule has 2 amide bonds. The van der Waals surface area contributed by atoms with E-state index in [4.69, 9.17) is 4.55 Å². The first kappa shape index (κ1) is 30.7. The highest BCUT2D eigenvalue weighted by atomic mass is 32.2. The van der Waals surface area contributed by atoms with Crippen molar-refractivity contribution in [3.63, 3.8) is 0 Å². The number of hydrogen-bond acceptors (Lipinski definition) is 7. The predicted molar refractivity (Wildman–Crippen MR) is 145 cm³/mol. The van der Waals surface area contributed by atoms with Crippen LogP contribution in [0.1, 0.15) is 78.6 Å². The number of amides is 2. The van der Waals surface area contributed by atoms with E-state index in [0.29, 0.717) is 12.8 Å². The minimum Gasteiger partial charge on any atom is -0.393 e. The van der Waals surface area contributed by atoms with Crippen molar-refractivity contribution in [2.75, 3.05) is 18.8 Å². The van der Waals surface area contributed by atoms with Gasteiger partial charge in [0.15, 0.2) is 0 Å². The molecule has 39 heavy (non-hydrogen) atoms. The Morgan fingerprint density at radius 2 is 1.69 bits per heavy atom. The Bertz CT molecular complexity index is 1020. The van der Waals surface area contributed by atoms with E-state index in [1.54, 1.807) is 0 Å². The normalized spacial score (nSPS) is 42.5. The van der Waals surface area contributed by atoms with Gasteiger partial charge in [0.2, 0.25) is 11.8 Å². The minimum absolute atomic E-state index is 0.0336. The maximum Gasteiger partial charge on any atom is 0.266 e. The molecule has 11 heteroatoms. The van der Waals surface area contributed by atoms with Gasteiger partial charge >= 0.3 is 0 Å². The maximum absolute atomic E-state index is 12.4. The minimum atomic E-state index is -4.16. The van der Waals surface area contributed by atoms with Crippen LogP contribution in [0.3, 0.4) is 0 Å². The van der Waals surface area contributed by atoms with Crippen LogP contribution in [0, 0.1) is 46.3 Å². The molecule has 10 nitrogen and oxygen atoms in total. The number of carbonyl (C=O) groups excluding carboxylic acids is 2. The lowest BCUT2D eigenvalue weighted by Crippen LogP contribution is -2.62. The molecule has 4 aliphatic rings. The van der Waals surface area contributed by atoms with Crippen molar-refractivity contribution < 1.29 is 37.9 Å². The van der Waals surface area contributed by atoms with Crippen LogP contribution in [0.25, 0.3) is 0 Å². The molecule has 0 unspecified atom stereocenters. The Balaban J connectivity index is 1.33. The lowest BCUT2D eigenvalue weighted by molar-refractivity contribution is -0.207. The van der Waals surface area contributed by atoms with Crippen molar-refractivity contribution in [1.29, 1.82) is 0 Å². The molecule has 0 aromatic heterocycles. The second-order valence-corrected chi connectivity index (χ2v) is 15.0. The average Bonchev–Trinajstić information content (AvgIpc) is 3.20. The predicted octanol–water partition coefficient (Wildman–Crippen LogP) is 1.48. The van der Waals surface area contributed by atoms with Gasteiger partial charge in [-0.2, -0.15) is 8.42 Å². The van der Waals surface area contributed by atoms with Crippen LogP contribution in [-0.2, 0) is 19.7 Å². The van der Waals surface area contributed by atoms with Crippen LogP contribution in [-0.4, -0.2) is 77.3 Å². The molecular weight excluding hydrogens is 524 g/mol. The van der Waals surface area contributed by atoms with E-state index in [9.17, 15) is 33.3 Å². The number of hydrogen-bond donors (Lipinski definition) is 6. The fourth-order valence-electron chi connectivity index (χ4n) is 9.34. The summed E-state index contributed by atoms with van der Waals surface area (Å²) in [7, 11) is -4.16. The molecule has 224 valence electrons. The van der Waals surface area contributed by atoms with Gasteiger partial charge in [-0.3, -0.25) is 14.1 Å². The molecule has 11 atom stereocenters. The molecule has 6 N–H and O–H groups in total. The van der Waals surface area contributed by atoms with E-state index in [-0.39, 0.29) is 77.9 Å². The first-order valence-corrected chi connectivity index (χ1v) is 16.3. The monoisotopic (exact) mass is 572 g/mol. The van der Waals surface area contributed by atoms with E-state index in [2.05, 4.69) is 31.4 Å². The molecule has 4 fully saturated rings. The van der Waals surface area contributed by atoms with Crippen molar-refractivity contribution in [1.82, 2.24) is 10.6 Å². The highest BCUT2D eigenvalue weighted by molar-refractivity contribution is 7.85. The molecule has 0 aromatic carbocycles. The van der Waals surface area contributed by atoms with Gasteiger partial charge in [-0.25, -0.2) is 0 Å². The van der Waals surface area contributed by atoms with Gasteiger partial charge < -0.3 is 26.0 Å². The van der Waals surface area contributed by atoms with Crippen molar-refractivity contribution in [3.8, 4) is 0 Å². The van der Waals surface area contributed by atoms with Gasteiger partial charge in [0.05, 0.1) is 30.6 Å². The SMILES string of the molecule is C[C@H](CCC(=O)NCC(=O)NCCS(=O)(=O)O)[C@@H]1CC[C@@H]2[C@H]3[C@H](O)C[C@H]4C[C@@H](O)CC[C@]4(C)[C@@H]3C[C@@H](O)[C@]21C. The first-order valence-electron chi connectivity index (χ1n) is 14.7. The highest BCUT2D eigenvalue weighted by Gasteiger charge is 2.65. The second kappa shape index (κ2) is 11.5. The molecular formula is C28H48N2O8S. The number of carbonyl (C=O) groups is 2. The number of aliphatic hydroxyl groups excluding tert-OH is 3. The van der Waals surface area contributed by atoms with Gasteiger partial charge in [-0.15, -0.1) is 0 Å². The van der Waals surface area contributed by atoms with Crippen molar-refractivity contribution in [2.24, 2.45) is 46.3 Å².